The van der Waals surface area contributed by atoms with Crippen molar-refractivity contribution in [3.05, 3.63) is 33.2 Å². The molecular weight excluding hydrogens is 394 g/mol. The molecule has 2 saturated carbocycles. The molecule has 0 atom stereocenters. The van der Waals surface area contributed by atoms with Gasteiger partial charge in [0.15, 0.2) is 0 Å². The van der Waals surface area contributed by atoms with Gasteiger partial charge in [0.05, 0.1) is 18.1 Å². The Bertz CT molecular complexity index is 746. The van der Waals surface area contributed by atoms with Gasteiger partial charge in [0, 0.05) is 19.8 Å². The van der Waals surface area contributed by atoms with Crippen molar-refractivity contribution in [1.29, 1.82) is 0 Å². The summed E-state index contributed by atoms with van der Waals surface area (Å²) in [4.78, 5) is 15.3. The maximum atomic E-state index is 13.1. The number of anilines is 1. The molecule has 0 spiro atoms. The number of halogens is 1. The molecule has 3 rings (SSSR count). The minimum Gasteiger partial charge on any atom is -0.465 e. The Morgan fingerprint density at radius 3 is 2.17 bits per heavy atom. The van der Waals surface area contributed by atoms with Gasteiger partial charge in [-0.05, 0) is 73.1 Å². The Morgan fingerprint density at radius 1 is 1.03 bits per heavy atom. The summed E-state index contributed by atoms with van der Waals surface area (Å²) >= 11 is 7.25. The molecule has 4 heteroatoms. The van der Waals surface area contributed by atoms with Crippen LogP contribution in [-0.2, 0) is 11.2 Å². The standard InChI is InChI=1S/C26H39ClNO2/c1-6-12-20-22(18-13-10-11-14-18)23(24(27)19-15-8-7-9-16-19)21(26(29)30-5)17(2)25(20)28(3)4/h18-19H,6-16H2,1-5H3. The van der Waals surface area contributed by atoms with Gasteiger partial charge in [-0.25, -0.2) is 4.79 Å². The Balaban J connectivity index is 2.32. The highest BCUT2D eigenvalue weighted by Gasteiger charge is 2.37. The minimum atomic E-state index is -0.248. The number of rotatable bonds is 7. The third kappa shape index (κ3) is 4.52. The normalized spacial score (nSPS) is 18.2. The second-order valence-corrected chi connectivity index (χ2v) is 9.82. The number of ether oxygens (including phenoxy) is 1. The SMILES string of the molecule is CCCc1c(C2CCCC2)c([C](Cl)C2CCCCC2)c(C(=O)OC)c(C)c1N(C)C. The highest BCUT2D eigenvalue weighted by molar-refractivity contribution is 6.30. The third-order valence-corrected chi connectivity index (χ3v) is 7.66. The molecule has 0 bridgehead atoms. The highest BCUT2D eigenvalue weighted by Crippen LogP contribution is 2.50. The lowest BCUT2D eigenvalue weighted by Gasteiger charge is -2.34. The molecule has 0 aromatic heterocycles. The lowest BCUT2D eigenvalue weighted by atomic mass is 9.75. The lowest BCUT2D eigenvalue weighted by Crippen LogP contribution is -2.25. The molecule has 0 unspecified atom stereocenters. The van der Waals surface area contributed by atoms with Gasteiger partial charge in [0.1, 0.15) is 0 Å². The molecule has 0 aliphatic heterocycles. The van der Waals surface area contributed by atoms with Crippen LogP contribution in [-0.4, -0.2) is 27.2 Å². The first-order valence-electron chi connectivity index (χ1n) is 11.9. The second kappa shape index (κ2) is 10.4. The minimum absolute atomic E-state index is 0.248. The first-order chi connectivity index (χ1) is 14.4. The molecule has 2 fully saturated rings. The molecule has 30 heavy (non-hydrogen) atoms. The van der Waals surface area contributed by atoms with Crippen LogP contribution in [0.15, 0.2) is 0 Å². The third-order valence-electron chi connectivity index (χ3n) is 7.16. The van der Waals surface area contributed by atoms with Crippen molar-refractivity contribution in [2.24, 2.45) is 5.92 Å². The summed E-state index contributed by atoms with van der Waals surface area (Å²) in [5.41, 5.74) is 6.72. The summed E-state index contributed by atoms with van der Waals surface area (Å²) in [6, 6.07) is 0. The number of methoxy groups -OCH3 is 1. The highest BCUT2D eigenvalue weighted by atomic mass is 35.5. The van der Waals surface area contributed by atoms with E-state index >= 15 is 0 Å². The van der Waals surface area contributed by atoms with Gasteiger partial charge in [0.25, 0.3) is 0 Å². The fourth-order valence-corrected chi connectivity index (χ4v) is 6.30. The van der Waals surface area contributed by atoms with Crippen LogP contribution in [0.2, 0.25) is 0 Å². The average molecular weight is 433 g/mol. The molecule has 0 N–H and O–H groups in total. The topological polar surface area (TPSA) is 29.5 Å². The van der Waals surface area contributed by atoms with E-state index in [-0.39, 0.29) is 5.97 Å². The molecule has 1 aromatic carbocycles. The fraction of sp³-hybridized carbons (Fsp3) is 0.692. The van der Waals surface area contributed by atoms with E-state index in [0.717, 1.165) is 42.2 Å². The molecule has 1 aromatic rings. The van der Waals surface area contributed by atoms with E-state index in [2.05, 4.69) is 32.8 Å². The second-order valence-electron chi connectivity index (χ2n) is 9.42. The van der Waals surface area contributed by atoms with E-state index in [1.807, 2.05) is 0 Å². The predicted molar refractivity (Wildman–Crippen MR) is 127 cm³/mol. The largest absolute Gasteiger partial charge is 0.465 e. The monoisotopic (exact) mass is 432 g/mol. The van der Waals surface area contributed by atoms with Gasteiger partial charge in [-0.3, -0.25) is 0 Å². The van der Waals surface area contributed by atoms with Crippen LogP contribution in [0.25, 0.3) is 0 Å². The van der Waals surface area contributed by atoms with Crippen molar-refractivity contribution < 1.29 is 9.53 Å². The molecule has 2 aliphatic carbocycles. The number of hydrogen-bond acceptors (Lipinski definition) is 3. The van der Waals surface area contributed by atoms with Crippen LogP contribution in [0.4, 0.5) is 5.69 Å². The molecule has 167 valence electrons. The molecular formula is C26H39ClNO2. The van der Waals surface area contributed by atoms with Crippen molar-refractivity contribution in [2.75, 3.05) is 26.1 Å². The predicted octanol–water partition coefficient (Wildman–Crippen LogP) is 7.16. The van der Waals surface area contributed by atoms with Gasteiger partial charge in [-0.1, -0.05) is 45.4 Å². The lowest BCUT2D eigenvalue weighted by molar-refractivity contribution is 0.0598. The fourth-order valence-electron chi connectivity index (χ4n) is 5.88. The summed E-state index contributed by atoms with van der Waals surface area (Å²) in [5, 5.41) is 0.919. The van der Waals surface area contributed by atoms with Crippen LogP contribution in [0.3, 0.4) is 0 Å². The van der Waals surface area contributed by atoms with Gasteiger partial charge < -0.3 is 9.64 Å². The van der Waals surface area contributed by atoms with E-state index in [1.165, 1.54) is 68.9 Å². The molecule has 3 nitrogen and oxygen atoms in total. The van der Waals surface area contributed by atoms with Crippen molar-refractivity contribution in [1.82, 2.24) is 0 Å². The Hall–Kier alpha value is -1.22. The van der Waals surface area contributed by atoms with Crippen molar-refractivity contribution in [2.45, 2.75) is 90.4 Å². The maximum Gasteiger partial charge on any atom is 0.338 e. The van der Waals surface area contributed by atoms with Crippen LogP contribution in [0.5, 0.6) is 0 Å². The quantitative estimate of drug-likeness (QED) is 0.428. The molecule has 1 radical (unpaired) electrons. The van der Waals surface area contributed by atoms with Crippen LogP contribution in [0.1, 0.15) is 110 Å². The van der Waals surface area contributed by atoms with E-state index in [1.54, 1.807) is 0 Å². The number of hydrogen-bond donors (Lipinski definition) is 0. The number of carbonyl (C=O) groups is 1. The molecule has 0 saturated heterocycles. The summed E-state index contributed by atoms with van der Waals surface area (Å²) in [7, 11) is 5.67. The van der Waals surface area contributed by atoms with Gasteiger partial charge >= 0.3 is 5.97 Å². The zero-order chi connectivity index (χ0) is 21.8. The maximum absolute atomic E-state index is 13.1. The van der Waals surface area contributed by atoms with Crippen molar-refractivity contribution in [3.63, 3.8) is 0 Å². The summed E-state index contributed by atoms with van der Waals surface area (Å²) in [6.07, 6.45) is 13.0. The number of carbonyl (C=O) groups excluding carboxylic acids is 1. The van der Waals surface area contributed by atoms with Crippen LogP contribution in [0, 0.1) is 18.2 Å². The summed E-state index contributed by atoms with van der Waals surface area (Å²) in [6.45, 7) is 4.32. The number of esters is 1. The first kappa shape index (κ1) is 23.4. The van der Waals surface area contributed by atoms with E-state index in [0.29, 0.717) is 17.4 Å². The zero-order valence-electron chi connectivity index (χ0n) is 19.6. The molecule has 0 amide bonds. The Morgan fingerprint density at radius 2 is 1.63 bits per heavy atom. The molecule has 0 heterocycles. The van der Waals surface area contributed by atoms with Gasteiger partial charge in [0.2, 0.25) is 0 Å². The van der Waals surface area contributed by atoms with Gasteiger partial charge in [-0.15, -0.1) is 11.6 Å². The van der Waals surface area contributed by atoms with Gasteiger partial charge in [-0.2, -0.15) is 0 Å². The van der Waals surface area contributed by atoms with Crippen LogP contribution < -0.4 is 4.90 Å². The Kier molecular flexibility index (Phi) is 8.12. The average Bonchev–Trinajstić information content (AvgIpc) is 3.27. The van der Waals surface area contributed by atoms with Crippen LogP contribution >= 0.6 is 11.6 Å². The number of benzene rings is 1. The number of nitrogens with zero attached hydrogens (tertiary/aromatic N) is 1. The van der Waals surface area contributed by atoms with Crippen molar-refractivity contribution in [3.8, 4) is 0 Å². The van der Waals surface area contributed by atoms with Crippen molar-refractivity contribution >= 4 is 23.3 Å². The zero-order valence-corrected chi connectivity index (χ0v) is 20.3. The first-order valence-corrected chi connectivity index (χ1v) is 12.3. The molecule has 2 aliphatic rings. The summed E-state index contributed by atoms with van der Waals surface area (Å²) < 4.78 is 5.32. The van der Waals surface area contributed by atoms with E-state index in [9.17, 15) is 4.79 Å². The smallest absolute Gasteiger partial charge is 0.338 e. The summed E-state index contributed by atoms with van der Waals surface area (Å²) in [5.74, 6) is 0.603. The van der Waals surface area contributed by atoms with E-state index in [4.69, 9.17) is 16.3 Å². The Labute approximate surface area is 188 Å². The van der Waals surface area contributed by atoms with E-state index < -0.39 is 0 Å².